The Kier molecular flexibility index (Phi) is 4.07. The van der Waals surface area contributed by atoms with Crippen molar-refractivity contribution in [3.63, 3.8) is 0 Å². The third kappa shape index (κ3) is 2.58. The molecule has 0 saturated heterocycles. The van der Waals surface area contributed by atoms with E-state index in [0.29, 0.717) is 5.56 Å². The van der Waals surface area contributed by atoms with E-state index in [2.05, 4.69) is 27.0 Å². The Balaban J connectivity index is 2.34. The van der Waals surface area contributed by atoms with Gasteiger partial charge in [0.15, 0.2) is 5.16 Å². The Hall–Kier alpha value is -1.29. The van der Waals surface area contributed by atoms with Crippen LogP contribution in [0.3, 0.4) is 0 Å². The summed E-state index contributed by atoms with van der Waals surface area (Å²) in [5.74, 6) is 0. The van der Waals surface area contributed by atoms with Gasteiger partial charge in [0.25, 0.3) is 0 Å². The van der Waals surface area contributed by atoms with Crippen LogP contribution < -0.4 is 0 Å². The van der Waals surface area contributed by atoms with Gasteiger partial charge in [-0.2, -0.15) is 5.26 Å². The van der Waals surface area contributed by atoms with Crippen LogP contribution in [-0.2, 0) is 13.7 Å². The summed E-state index contributed by atoms with van der Waals surface area (Å²) in [7, 11) is 1.84. The third-order valence-corrected chi connectivity index (χ3v) is 4.10. The van der Waals surface area contributed by atoms with Crippen molar-refractivity contribution < 1.29 is 5.11 Å². The number of aliphatic hydroxyl groups excluding tert-OH is 1. The molecule has 2 rings (SSSR count). The molecule has 0 aliphatic carbocycles. The fraction of sp³-hybridized carbons (Fsp3) is 0.167. The Morgan fingerprint density at radius 3 is 2.94 bits per heavy atom. The lowest BCUT2D eigenvalue weighted by Crippen LogP contribution is -1.97. The number of nitriles is 1. The van der Waals surface area contributed by atoms with E-state index in [0.717, 1.165) is 20.2 Å². The maximum atomic E-state index is 9.11. The summed E-state index contributed by atoms with van der Waals surface area (Å²) in [5, 5.41) is 18.9. The average molecular weight is 324 g/mol. The second kappa shape index (κ2) is 5.57. The minimum Gasteiger partial charge on any atom is -0.390 e. The summed E-state index contributed by atoms with van der Waals surface area (Å²) in [4.78, 5) is 5.07. The molecule has 1 aromatic carbocycles. The molecule has 18 heavy (non-hydrogen) atoms. The molecule has 0 aliphatic rings. The van der Waals surface area contributed by atoms with Crippen LogP contribution in [0, 0.1) is 11.3 Å². The highest BCUT2D eigenvalue weighted by Crippen LogP contribution is 2.31. The van der Waals surface area contributed by atoms with Crippen molar-refractivity contribution in [2.24, 2.45) is 7.05 Å². The molecule has 0 aliphatic heterocycles. The SMILES string of the molecule is Cn1c(CO)cnc1Sc1ccc(Br)cc1C#N. The number of aliphatic hydroxyl groups is 1. The molecule has 0 saturated carbocycles. The Morgan fingerprint density at radius 2 is 2.33 bits per heavy atom. The molecule has 92 valence electrons. The topological polar surface area (TPSA) is 61.8 Å². The fourth-order valence-electron chi connectivity index (χ4n) is 1.44. The van der Waals surface area contributed by atoms with Crippen LogP contribution in [0.5, 0.6) is 0 Å². The Labute approximate surface area is 117 Å². The van der Waals surface area contributed by atoms with E-state index in [-0.39, 0.29) is 6.61 Å². The summed E-state index contributed by atoms with van der Waals surface area (Å²) in [6, 6.07) is 7.70. The van der Waals surface area contributed by atoms with Crippen molar-refractivity contribution in [2.75, 3.05) is 0 Å². The molecule has 0 amide bonds. The summed E-state index contributed by atoms with van der Waals surface area (Å²) in [5.41, 5.74) is 1.34. The third-order valence-electron chi connectivity index (χ3n) is 2.47. The van der Waals surface area contributed by atoms with Crippen molar-refractivity contribution in [3.8, 4) is 6.07 Å². The first-order valence-corrected chi connectivity index (χ1v) is 6.75. The monoisotopic (exact) mass is 323 g/mol. The van der Waals surface area contributed by atoms with Gasteiger partial charge in [0.2, 0.25) is 0 Å². The number of hydrogen-bond donors (Lipinski definition) is 1. The molecular formula is C12H10BrN3OS. The van der Waals surface area contributed by atoms with Crippen LogP contribution in [0.1, 0.15) is 11.3 Å². The van der Waals surface area contributed by atoms with E-state index in [1.807, 2.05) is 23.7 Å². The zero-order valence-corrected chi connectivity index (χ0v) is 12.0. The number of aromatic nitrogens is 2. The number of halogens is 1. The standard InChI is InChI=1S/C12H10BrN3OS/c1-16-10(7-17)6-15-12(16)18-11-3-2-9(13)4-8(11)5-14/h2-4,6,17H,7H2,1H3. The van der Waals surface area contributed by atoms with Gasteiger partial charge in [-0.3, -0.25) is 0 Å². The predicted molar refractivity (Wildman–Crippen MR) is 72.1 cm³/mol. The zero-order chi connectivity index (χ0) is 13.1. The Morgan fingerprint density at radius 1 is 1.56 bits per heavy atom. The van der Waals surface area contributed by atoms with E-state index in [1.54, 1.807) is 12.3 Å². The second-order valence-corrected chi connectivity index (χ2v) is 5.53. The first-order valence-electron chi connectivity index (χ1n) is 5.14. The number of nitrogens with zero attached hydrogens (tertiary/aromatic N) is 3. The molecule has 2 aromatic rings. The van der Waals surface area contributed by atoms with Crippen molar-refractivity contribution in [1.82, 2.24) is 9.55 Å². The van der Waals surface area contributed by atoms with Crippen molar-refractivity contribution in [1.29, 1.82) is 5.26 Å². The largest absolute Gasteiger partial charge is 0.390 e. The van der Waals surface area contributed by atoms with Crippen LogP contribution in [0.15, 0.2) is 38.9 Å². The molecule has 1 heterocycles. The fourth-order valence-corrected chi connectivity index (χ4v) is 2.71. The average Bonchev–Trinajstić information content (AvgIpc) is 2.72. The summed E-state index contributed by atoms with van der Waals surface area (Å²) in [6.07, 6.45) is 1.63. The van der Waals surface area contributed by atoms with E-state index in [9.17, 15) is 0 Å². The van der Waals surface area contributed by atoms with Gasteiger partial charge in [0.1, 0.15) is 6.07 Å². The van der Waals surface area contributed by atoms with Gasteiger partial charge >= 0.3 is 0 Å². The minimum absolute atomic E-state index is 0.0461. The predicted octanol–water partition coefficient (Wildman–Crippen LogP) is 2.70. The highest BCUT2D eigenvalue weighted by molar-refractivity contribution is 9.10. The van der Waals surface area contributed by atoms with E-state index < -0.39 is 0 Å². The quantitative estimate of drug-likeness (QED) is 0.943. The molecule has 1 aromatic heterocycles. The van der Waals surface area contributed by atoms with Crippen molar-refractivity contribution in [2.45, 2.75) is 16.7 Å². The summed E-state index contributed by atoms with van der Waals surface area (Å²) in [6.45, 7) is -0.0461. The molecule has 0 fully saturated rings. The smallest absolute Gasteiger partial charge is 0.172 e. The van der Waals surface area contributed by atoms with Gasteiger partial charge in [-0.15, -0.1) is 0 Å². The summed E-state index contributed by atoms with van der Waals surface area (Å²) < 4.78 is 2.69. The molecule has 1 N–H and O–H groups in total. The maximum absolute atomic E-state index is 9.11. The number of rotatable bonds is 3. The van der Waals surface area contributed by atoms with Gasteiger partial charge in [-0.25, -0.2) is 4.98 Å². The maximum Gasteiger partial charge on any atom is 0.172 e. The van der Waals surface area contributed by atoms with Gasteiger partial charge < -0.3 is 9.67 Å². The molecule has 0 radical (unpaired) electrons. The van der Waals surface area contributed by atoms with Crippen molar-refractivity contribution >= 4 is 27.7 Å². The molecule has 4 nitrogen and oxygen atoms in total. The van der Waals surface area contributed by atoms with Gasteiger partial charge in [0.05, 0.1) is 24.1 Å². The van der Waals surface area contributed by atoms with Crippen LogP contribution >= 0.6 is 27.7 Å². The number of hydrogen-bond acceptors (Lipinski definition) is 4. The molecule has 0 spiro atoms. The first-order chi connectivity index (χ1) is 8.65. The minimum atomic E-state index is -0.0461. The molecule has 6 heteroatoms. The van der Waals surface area contributed by atoms with Crippen LogP contribution in [0.25, 0.3) is 0 Å². The molecule has 0 bridgehead atoms. The van der Waals surface area contributed by atoms with E-state index in [1.165, 1.54) is 11.8 Å². The van der Waals surface area contributed by atoms with Crippen LogP contribution in [-0.4, -0.2) is 14.7 Å². The molecule has 0 atom stereocenters. The van der Waals surface area contributed by atoms with Gasteiger partial charge in [-0.1, -0.05) is 27.7 Å². The van der Waals surface area contributed by atoms with E-state index in [4.69, 9.17) is 10.4 Å². The lowest BCUT2D eigenvalue weighted by molar-refractivity contribution is 0.271. The highest BCUT2D eigenvalue weighted by Gasteiger charge is 2.10. The molecule has 0 unspecified atom stereocenters. The van der Waals surface area contributed by atoms with Crippen LogP contribution in [0.4, 0.5) is 0 Å². The van der Waals surface area contributed by atoms with Gasteiger partial charge in [-0.05, 0) is 18.2 Å². The van der Waals surface area contributed by atoms with Crippen molar-refractivity contribution in [3.05, 3.63) is 40.1 Å². The zero-order valence-electron chi connectivity index (χ0n) is 9.59. The lowest BCUT2D eigenvalue weighted by Gasteiger charge is -2.05. The number of imidazole rings is 1. The Bertz CT molecular complexity index is 618. The van der Waals surface area contributed by atoms with Crippen LogP contribution in [0.2, 0.25) is 0 Å². The van der Waals surface area contributed by atoms with Gasteiger partial charge in [0, 0.05) is 16.4 Å². The first kappa shape index (κ1) is 13.1. The molecular weight excluding hydrogens is 314 g/mol. The lowest BCUT2D eigenvalue weighted by atomic mass is 10.2. The van der Waals surface area contributed by atoms with E-state index >= 15 is 0 Å². The normalized spacial score (nSPS) is 10.3. The second-order valence-electron chi connectivity index (χ2n) is 3.60. The number of benzene rings is 1. The summed E-state index contributed by atoms with van der Waals surface area (Å²) >= 11 is 4.75. The highest BCUT2D eigenvalue weighted by atomic mass is 79.9.